The van der Waals surface area contributed by atoms with Crippen LogP contribution >= 0.6 is 11.6 Å². The maximum Gasteiger partial charge on any atom is 0.209 e. The van der Waals surface area contributed by atoms with Gasteiger partial charge in [0.1, 0.15) is 5.82 Å². The number of rotatable bonds is 3. The van der Waals surface area contributed by atoms with Gasteiger partial charge in [0, 0.05) is 11.1 Å². The van der Waals surface area contributed by atoms with Crippen molar-refractivity contribution in [2.75, 3.05) is 6.26 Å². The normalized spacial score (nSPS) is 13.9. The van der Waals surface area contributed by atoms with E-state index in [0.717, 1.165) is 12.3 Å². The van der Waals surface area contributed by atoms with Crippen LogP contribution in [0.2, 0.25) is 5.02 Å². The Hall–Kier alpha value is -0.650. The summed E-state index contributed by atoms with van der Waals surface area (Å²) in [6.45, 7) is 1.62. The van der Waals surface area contributed by atoms with Gasteiger partial charge in [0.2, 0.25) is 10.0 Å². The molecule has 3 nitrogen and oxygen atoms in total. The number of sulfonamides is 1. The van der Waals surface area contributed by atoms with Crippen LogP contribution in [0.25, 0.3) is 0 Å². The number of halogens is 2. The van der Waals surface area contributed by atoms with Crippen LogP contribution in [0.4, 0.5) is 4.39 Å². The Balaban J connectivity index is 2.96. The highest BCUT2D eigenvalue weighted by atomic mass is 35.5. The topological polar surface area (TPSA) is 46.2 Å². The Labute approximate surface area is 93.3 Å². The molecule has 0 fully saturated rings. The molecule has 1 aromatic carbocycles. The molecule has 0 aromatic heterocycles. The van der Waals surface area contributed by atoms with E-state index in [1.807, 2.05) is 0 Å². The summed E-state index contributed by atoms with van der Waals surface area (Å²) in [5, 5.41) is 0.243. The van der Waals surface area contributed by atoms with Gasteiger partial charge in [-0.05, 0) is 30.7 Å². The first-order valence-corrected chi connectivity index (χ1v) is 6.48. The highest BCUT2D eigenvalue weighted by Gasteiger charge is 2.12. The molecule has 15 heavy (non-hydrogen) atoms. The fraction of sp³-hybridized carbons (Fsp3) is 0.333. The number of benzene rings is 1. The van der Waals surface area contributed by atoms with Gasteiger partial charge in [-0.3, -0.25) is 0 Å². The minimum absolute atomic E-state index is 0.243. The van der Waals surface area contributed by atoms with Crippen molar-refractivity contribution >= 4 is 21.6 Å². The van der Waals surface area contributed by atoms with Gasteiger partial charge in [-0.25, -0.2) is 17.5 Å². The zero-order valence-corrected chi connectivity index (χ0v) is 9.86. The van der Waals surface area contributed by atoms with Crippen molar-refractivity contribution in [3.8, 4) is 0 Å². The van der Waals surface area contributed by atoms with Crippen molar-refractivity contribution in [1.82, 2.24) is 4.72 Å². The molecule has 0 saturated heterocycles. The zero-order valence-electron chi connectivity index (χ0n) is 8.29. The Morgan fingerprint density at radius 1 is 1.40 bits per heavy atom. The molecule has 0 heterocycles. The Morgan fingerprint density at radius 2 is 2.00 bits per heavy atom. The summed E-state index contributed by atoms with van der Waals surface area (Å²) in [4.78, 5) is 0. The molecule has 0 bridgehead atoms. The lowest BCUT2D eigenvalue weighted by Crippen LogP contribution is -2.25. The van der Waals surface area contributed by atoms with Crippen LogP contribution in [-0.2, 0) is 10.0 Å². The lowest BCUT2D eigenvalue weighted by atomic mass is 10.1. The second kappa shape index (κ2) is 4.47. The van der Waals surface area contributed by atoms with Crippen LogP contribution in [0.1, 0.15) is 18.5 Å². The number of hydrogen-bond acceptors (Lipinski definition) is 2. The first kappa shape index (κ1) is 12.4. The largest absolute Gasteiger partial charge is 0.213 e. The molecule has 0 aliphatic heterocycles. The lowest BCUT2D eigenvalue weighted by molar-refractivity contribution is 0.570. The number of hydrogen-bond donors (Lipinski definition) is 1. The van der Waals surface area contributed by atoms with E-state index in [4.69, 9.17) is 11.6 Å². The maximum atomic E-state index is 13.0. The van der Waals surface area contributed by atoms with Crippen molar-refractivity contribution in [2.24, 2.45) is 0 Å². The van der Waals surface area contributed by atoms with Gasteiger partial charge in [-0.15, -0.1) is 0 Å². The average Bonchev–Trinajstić information content (AvgIpc) is 1.98. The van der Waals surface area contributed by atoms with E-state index in [2.05, 4.69) is 4.72 Å². The highest BCUT2D eigenvalue weighted by Crippen LogP contribution is 2.19. The van der Waals surface area contributed by atoms with E-state index in [1.165, 1.54) is 12.1 Å². The SMILES string of the molecule is CC(NS(C)(=O)=O)c1cc(F)cc(Cl)c1. The Kier molecular flexibility index (Phi) is 3.70. The summed E-state index contributed by atoms with van der Waals surface area (Å²) < 4.78 is 37.2. The first-order chi connectivity index (χ1) is 6.78. The third kappa shape index (κ3) is 4.15. The minimum atomic E-state index is -3.31. The predicted octanol–water partition coefficient (Wildman–Crippen LogP) is 2.09. The fourth-order valence-electron chi connectivity index (χ4n) is 1.21. The molecule has 1 aromatic rings. The summed E-state index contributed by atoms with van der Waals surface area (Å²) >= 11 is 5.65. The van der Waals surface area contributed by atoms with E-state index in [1.54, 1.807) is 6.92 Å². The molecule has 84 valence electrons. The molecule has 0 aliphatic carbocycles. The molecular formula is C9H11ClFNO2S. The molecule has 0 saturated carbocycles. The third-order valence-electron chi connectivity index (χ3n) is 1.78. The van der Waals surface area contributed by atoms with E-state index in [0.29, 0.717) is 5.56 Å². The molecule has 0 radical (unpaired) electrons. The predicted molar refractivity (Wildman–Crippen MR) is 57.8 cm³/mol. The van der Waals surface area contributed by atoms with Gasteiger partial charge in [0.15, 0.2) is 0 Å². The van der Waals surface area contributed by atoms with E-state index in [-0.39, 0.29) is 5.02 Å². The van der Waals surface area contributed by atoms with E-state index < -0.39 is 21.9 Å². The smallest absolute Gasteiger partial charge is 0.209 e. The monoisotopic (exact) mass is 251 g/mol. The minimum Gasteiger partial charge on any atom is -0.213 e. The van der Waals surface area contributed by atoms with Crippen LogP contribution < -0.4 is 4.72 Å². The zero-order chi connectivity index (χ0) is 11.6. The molecule has 1 atom stereocenters. The number of nitrogens with one attached hydrogen (secondary N) is 1. The van der Waals surface area contributed by atoms with Crippen LogP contribution in [0.15, 0.2) is 18.2 Å². The van der Waals surface area contributed by atoms with Crippen molar-refractivity contribution in [3.63, 3.8) is 0 Å². The molecule has 0 amide bonds. The third-order valence-corrected chi connectivity index (χ3v) is 2.78. The molecule has 1 rings (SSSR count). The van der Waals surface area contributed by atoms with Crippen molar-refractivity contribution in [2.45, 2.75) is 13.0 Å². The molecule has 0 spiro atoms. The summed E-state index contributed by atoms with van der Waals surface area (Å²) in [7, 11) is -3.31. The van der Waals surface area contributed by atoms with Crippen LogP contribution in [0, 0.1) is 5.82 Å². The Bertz CT molecular complexity index is 441. The van der Waals surface area contributed by atoms with Gasteiger partial charge < -0.3 is 0 Å². The molecule has 1 unspecified atom stereocenters. The van der Waals surface area contributed by atoms with Crippen LogP contribution in [0.5, 0.6) is 0 Å². The van der Waals surface area contributed by atoms with Crippen molar-refractivity contribution in [1.29, 1.82) is 0 Å². The van der Waals surface area contributed by atoms with Gasteiger partial charge in [-0.1, -0.05) is 11.6 Å². The molecule has 0 aliphatic rings. The summed E-state index contributed by atoms with van der Waals surface area (Å²) in [6.07, 6.45) is 1.05. The van der Waals surface area contributed by atoms with E-state index >= 15 is 0 Å². The van der Waals surface area contributed by atoms with Crippen LogP contribution in [0.3, 0.4) is 0 Å². The Morgan fingerprint density at radius 3 is 2.47 bits per heavy atom. The summed E-state index contributed by atoms with van der Waals surface area (Å²) in [6, 6.07) is 3.42. The first-order valence-electron chi connectivity index (χ1n) is 4.21. The summed E-state index contributed by atoms with van der Waals surface area (Å²) in [5.41, 5.74) is 0.491. The fourth-order valence-corrected chi connectivity index (χ4v) is 2.22. The second-order valence-corrected chi connectivity index (χ2v) is 5.53. The lowest BCUT2D eigenvalue weighted by Gasteiger charge is -2.12. The molecule has 6 heteroatoms. The average molecular weight is 252 g/mol. The standard InChI is InChI=1S/C9H11ClFNO2S/c1-6(12-15(2,13)14)7-3-8(10)5-9(11)4-7/h3-6,12H,1-2H3. The van der Waals surface area contributed by atoms with Crippen molar-refractivity contribution < 1.29 is 12.8 Å². The molecule has 1 N–H and O–H groups in total. The van der Waals surface area contributed by atoms with Gasteiger partial charge in [0.25, 0.3) is 0 Å². The molecular weight excluding hydrogens is 241 g/mol. The van der Waals surface area contributed by atoms with Gasteiger partial charge >= 0.3 is 0 Å². The maximum absolute atomic E-state index is 13.0. The van der Waals surface area contributed by atoms with Crippen molar-refractivity contribution in [3.05, 3.63) is 34.6 Å². The highest BCUT2D eigenvalue weighted by molar-refractivity contribution is 7.88. The van der Waals surface area contributed by atoms with Gasteiger partial charge in [-0.2, -0.15) is 0 Å². The second-order valence-electron chi connectivity index (χ2n) is 3.31. The quantitative estimate of drug-likeness (QED) is 0.894. The van der Waals surface area contributed by atoms with Gasteiger partial charge in [0.05, 0.1) is 6.26 Å². The van der Waals surface area contributed by atoms with Crippen LogP contribution in [-0.4, -0.2) is 14.7 Å². The summed E-state index contributed by atoms with van der Waals surface area (Å²) in [5.74, 6) is -0.486. The van der Waals surface area contributed by atoms with E-state index in [9.17, 15) is 12.8 Å².